The van der Waals surface area contributed by atoms with Crippen LogP contribution >= 0.6 is 0 Å². The molecule has 1 aliphatic carbocycles. The van der Waals surface area contributed by atoms with Crippen LogP contribution in [-0.4, -0.2) is 58.7 Å². The molecule has 4 rings (SSSR count). The van der Waals surface area contributed by atoms with Crippen LogP contribution in [-0.2, 0) is 15.2 Å². The summed E-state index contributed by atoms with van der Waals surface area (Å²) in [7, 11) is 0. The van der Waals surface area contributed by atoms with E-state index in [9.17, 15) is 19.8 Å². The number of rotatable bonds is 9. The van der Waals surface area contributed by atoms with Gasteiger partial charge in [0.15, 0.2) is 0 Å². The Morgan fingerprint density at radius 1 is 1.08 bits per heavy atom. The summed E-state index contributed by atoms with van der Waals surface area (Å²) in [6, 6.07) is 17.8. The SMILES string of the molecule is CC(=O)NCCCC[C@@](O)(c1ccccc1-c1ccccc1)[C@@H]1CCCN(C(=O)[C@H]2C[C@@H](N)[C@@H](O)C2)C1. The number of piperidine rings is 1. The molecule has 1 aliphatic heterocycles. The number of hydrogen-bond donors (Lipinski definition) is 4. The molecule has 2 aliphatic rings. The van der Waals surface area contributed by atoms with Crippen molar-refractivity contribution < 1.29 is 19.8 Å². The molecule has 5 N–H and O–H groups in total. The Hall–Kier alpha value is -2.74. The standard InChI is InChI=1S/C30H41N3O4/c1-21(34)32-16-8-7-15-30(37,26-14-6-5-13-25(26)22-10-3-2-4-11-22)24-12-9-17-33(20-24)29(36)23-18-27(31)28(35)19-23/h2-6,10-11,13-14,23-24,27-28,35,37H,7-9,12,15-20,31H2,1H3,(H,32,34)/t23-,24+,27+,28-,30-/m0/s1. The molecule has 2 fully saturated rings. The van der Waals surface area contributed by atoms with Gasteiger partial charge in [0.25, 0.3) is 0 Å². The first-order chi connectivity index (χ1) is 17.8. The molecule has 0 aromatic heterocycles. The number of carbonyl (C=O) groups excluding carboxylic acids is 2. The fourth-order valence-electron chi connectivity index (χ4n) is 6.15. The van der Waals surface area contributed by atoms with Gasteiger partial charge in [-0.1, -0.05) is 54.6 Å². The maximum Gasteiger partial charge on any atom is 0.225 e. The number of aliphatic hydroxyl groups excluding tert-OH is 1. The minimum atomic E-state index is -1.13. The number of nitrogens with one attached hydrogen (secondary N) is 1. The van der Waals surface area contributed by atoms with E-state index in [2.05, 4.69) is 23.5 Å². The average Bonchev–Trinajstić information content (AvgIpc) is 3.26. The molecule has 7 heteroatoms. The van der Waals surface area contributed by atoms with Crippen molar-refractivity contribution >= 4 is 11.8 Å². The van der Waals surface area contributed by atoms with Crippen molar-refractivity contribution in [1.82, 2.24) is 10.2 Å². The normalized spacial score (nSPS) is 25.5. The summed E-state index contributed by atoms with van der Waals surface area (Å²) in [6.45, 7) is 3.23. The third-order valence-corrected chi connectivity index (χ3v) is 8.17. The lowest BCUT2D eigenvalue weighted by Crippen LogP contribution is -2.49. The average molecular weight is 508 g/mol. The topological polar surface area (TPSA) is 116 Å². The molecule has 5 atom stereocenters. The first-order valence-corrected chi connectivity index (χ1v) is 13.6. The van der Waals surface area contributed by atoms with E-state index in [0.717, 1.165) is 42.4 Å². The Balaban J connectivity index is 1.60. The van der Waals surface area contributed by atoms with E-state index in [1.54, 1.807) is 0 Å². The van der Waals surface area contributed by atoms with E-state index in [1.165, 1.54) is 6.92 Å². The zero-order valence-electron chi connectivity index (χ0n) is 21.8. The first-order valence-electron chi connectivity index (χ1n) is 13.6. The van der Waals surface area contributed by atoms with Gasteiger partial charge in [-0.05, 0) is 61.6 Å². The molecule has 200 valence electrons. The van der Waals surface area contributed by atoms with Gasteiger partial charge in [-0.15, -0.1) is 0 Å². The van der Waals surface area contributed by atoms with Crippen LogP contribution < -0.4 is 11.1 Å². The molecule has 2 amide bonds. The predicted octanol–water partition coefficient (Wildman–Crippen LogP) is 3.18. The van der Waals surface area contributed by atoms with Crippen LogP contribution in [0.4, 0.5) is 0 Å². The van der Waals surface area contributed by atoms with Crippen molar-refractivity contribution in [3.8, 4) is 11.1 Å². The highest BCUT2D eigenvalue weighted by Crippen LogP contribution is 2.44. The van der Waals surface area contributed by atoms with Crippen LogP contribution in [0.2, 0.25) is 0 Å². The summed E-state index contributed by atoms with van der Waals surface area (Å²) in [4.78, 5) is 26.6. The molecule has 2 aromatic rings. The van der Waals surface area contributed by atoms with Gasteiger partial charge >= 0.3 is 0 Å². The Kier molecular flexibility index (Phi) is 9.00. The molecule has 1 saturated heterocycles. The predicted molar refractivity (Wildman–Crippen MR) is 144 cm³/mol. The van der Waals surface area contributed by atoms with E-state index < -0.39 is 11.7 Å². The molecule has 1 heterocycles. The second-order valence-corrected chi connectivity index (χ2v) is 10.8. The number of amides is 2. The smallest absolute Gasteiger partial charge is 0.225 e. The van der Waals surface area contributed by atoms with Crippen LogP contribution in [0.5, 0.6) is 0 Å². The molecule has 1 saturated carbocycles. The van der Waals surface area contributed by atoms with Crippen molar-refractivity contribution in [3.05, 3.63) is 60.2 Å². The molecule has 0 bridgehead atoms. The Bertz CT molecular complexity index is 1050. The fourth-order valence-corrected chi connectivity index (χ4v) is 6.15. The van der Waals surface area contributed by atoms with Crippen LogP contribution in [0.1, 0.15) is 57.4 Å². The van der Waals surface area contributed by atoms with E-state index >= 15 is 0 Å². The number of unbranched alkanes of at least 4 members (excludes halogenated alkanes) is 1. The maximum atomic E-state index is 13.4. The second kappa shape index (κ2) is 12.2. The van der Waals surface area contributed by atoms with Gasteiger partial charge in [0.1, 0.15) is 0 Å². The van der Waals surface area contributed by atoms with E-state index in [1.807, 2.05) is 41.3 Å². The number of nitrogens with two attached hydrogens (primary N) is 1. The van der Waals surface area contributed by atoms with Crippen molar-refractivity contribution in [3.63, 3.8) is 0 Å². The molecule has 7 nitrogen and oxygen atoms in total. The summed E-state index contributed by atoms with van der Waals surface area (Å²) in [6.07, 6.45) is 3.97. The fraction of sp³-hybridized carbons (Fsp3) is 0.533. The zero-order valence-corrected chi connectivity index (χ0v) is 21.8. The minimum absolute atomic E-state index is 0.0426. The lowest BCUT2D eigenvalue weighted by atomic mass is 9.72. The van der Waals surface area contributed by atoms with Gasteiger partial charge in [0.05, 0.1) is 11.7 Å². The van der Waals surface area contributed by atoms with Crippen molar-refractivity contribution in [2.45, 2.75) is 69.6 Å². The molecule has 0 radical (unpaired) electrons. The van der Waals surface area contributed by atoms with Crippen molar-refractivity contribution in [2.24, 2.45) is 17.6 Å². The van der Waals surface area contributed by atoms with Gasteiger partial charge in [0, 0.05) is 44.4 Å². The van der Waals surface area contributed by atoms with Crippen LogP contribution in [0.25, 0.3) is 11.1 Å². The number of benzene rings is 2. The maximum absolute atomic E-state index is 13.4. The summed E-state index contributed by atoms with van der Waals surface area (Å²) in [5.74, 6) is -0.397. The third kappa shape index (κ3) is 6.40. The lowest BCUT2D eigenvalue weighted by molar-refractivity contribution is -0.141. The Morgan fingerprint density at radius 3 is 2.51 bits per heavy atom. The largest absolute Gasteiger partial charge is 0.391 e. The van der Waals surface area contributed by atoms with Gasteiger partial charge in [-0.2, -0.15) is 0 Å². The van der Waals surface area contributed by atoms with Crippen LogP contribution in [0, 0.1) is 11.8 Å². The van der Waals surface area contributed by atoms with Crippen molar-refractivity contribution in [2.75, 3.05) is 19.6 Å². The Morgan fingerprint density at radius 2 is 1.81 bits per heavy atom. The highest BCUT2D eigenvalue weighted by Gasteiger charge is 2.44. The van der Waals surface area contributed by atoms with Crippen LogP contribution in [0.15, 0.2) is 54.6 Å². The number of hydrogen-bond acceptors (Lipinski definition) is 5. The first kappa shape index (κ1) is 27.3. The van der Waals surface area contributed by atoms with Crippen molar-refractivity contribution in [1.29, 1.82) is 0 Å². The second-order valence-electron chi connectivity index (χ2n) is 10.8. The van der Waals surface area contributed by atoms with Gasteiger partial charge in [0.2, 0.25) is 11.8 Å². The van der Waals surface area contributed by atoms with Gasteiger partial charge < -0.3 is 26.2 Å². The molecule has 0 unspecified atom stereocenters. The summed E-state index contributed by atoms with van der Waals surface area (Å²) >= 11 is 0. The molecule has 0 spiro atoms. The number of likely N-dealkylation sites (tertiary alicyclic amines) is 1. The summed E-state index contributed by atoms with van der Waals surface area (Å²) < 4.78 is 0. The lowest BCUT2D eigenvalue weighted by Gasteiger charge is -2.44. The van der Waals surface area contributed by atoms with E-state index in [0.29, 0.717) is 38.9 Å². The van der Waals surface area contributed by atoms with Gasteiger partial charge in [-0.25, -0.2) is 0 Å². The number of aliphatic hydroxyl groups is 2. The van der Waals surface area contributed by atoms with Crippen LogP contribution in [0.3, 0.4) is 0 Å². The quantitative estimate of drug-likeness (QED) is 0.389. The van der Waals surface area contributed by atoms with Gasteiger partial charge in [-0.3, -0.25) is 9.59 Å². The summed E-state index contributed by atoms with van der Waals surface area (Å²) in [5.41, 5.74) is 7.80. The molecular weight excluding hydrogens is 466 g/mol. The monoisotopic (exact) mass is 507 g/mol. The highest BCUT2D eigenvalue weighted by molar-refractivity contribution is 5.79. The minimum Gasteiger partial charge on any atom is -0.391 e. The van der Waals surface area contributed by atoms with E-state index in [-0.39, 0.29) is 29.7 Å². The zero-order chi connectivity index (χ0) is 26.4. The molecule has 37 heavy (non-hydrogen) atoms. The van der Waals surface area contributed by atoms with E-state index in [4.69, 9.17) is 5.73 Å². The number of nitrogens with zero attached hydrogens (tertiary/aromatic N) is 1. The molecular formula is C30H41N3O4. The molecule has 2 aromatic carbocycles. The highest BCUT2D eigenvalue weighted by atomic mass is 16.3. The number of carbonyl (C=O) groups is 2. The Labute approximate surface area is 220 Å². The third-order valence-electron chi connectivity index (χ3n) is 8.17. The summed E-state index contributed by atoms with van der Waals surface area (Å²) in [5, 5.41) is 25.5.